The highest BCUT2D eigenvalue weighted by Crippen LogP contribution is 2.46. The van der Waals surface area contributed by atoms with Gasteiger partial charge in [-0.3, -0.25) is 4.79 Å². The van der Waals surface area contributed by atoms with Crippen molar-refractivity contribution >= 4 is 5.91 Å². The molecule has 0 radical (unpaired) electrons. The summed E-state index contributed by atoms with van der Waals surface area (Å²) in [4.78, 5) is 15.5. The third-order valence-electron chi connectivity index (χ3n) is 6.28. The predicted molar refractivity (Wildman–Crippen MR) is 101 cm³/mol. The minimum Gasteiger partial charge on any atom is -0.496 e. The van der Waals surface area contributed by atoms with Crippen molar-refractivity contribution in [2.24, 2.45) is 5.92 Å². The summed E-state index contributed by atoms with van der Waals surface area (Å²) in [7, 11) is 3.71. The number of piperidine rings is 1. The zero-order valence-corrected chi connectivity index (χ0v) is 15.9. The number of hydrogen-bond donors (Lipinski definition) is 1. The first-order chi connectivity index (χ1) is 12.1. The van der Waals surface area contributed by atoms with Gasteiger partial charge in [0, 0.05) is 13.1 Å². The Kier molecular flexibility index (Phi) is 5.67. The molecule has 2 aliphatic rings. The summed E-state index contributed by atoms with van der Waals surface area (Å²) < 4.78 is 5.50. The lowest BCUT2D eigenvalue weighted by molar-refractivity contribution is -0.142. The Labute approximate surface area is 151 Å². The van der Waals surface area contributed by atoms with E-state index in [2.05, 4.69) is 28.4 Å². The lowest BCUT2D eigenvalue weighted by atomic mass is 9.63. The smallest absolute Gasteiger partial charge is 0.233 e. The maximum Gasteiger partial charge on any atom is 0.233 e. The van der Waals surface area contributed by atoms with Crippen LogP contribution in [0.5, 0.6) is 5.75 Å². The molecule has 25 heavy (non-hydrogen) atoms. The number of likely N-dealkylation sites (tertiary alicyclic amines) is 1. The Bertz CT molecular complexity index is 602. The van der Waals surface area contributed by atoms with Gasteiger partial charge >= 0.3 is 0 Å². The normalized spacial score (nSPS) is 20.2. The Balaban J connectivity index is 1.72. The lowest BCUT2D eigenvalue weighted by Gasteiger charge is -2.45. The first-order valence-corrected chi connectivity index (χ1v) is 9.70. The summed E-state index contributed by atoms with van der Waals surface area (Å²) in [6.45, 7) is 4.95. The van der Waals surface area contributed by atoms with Crippen molar-refractivity contribution in [2.45, 2.75) is 50.9 Å². The van der Waals surface area contributed by atoms with Crippen LogP contribution in [0.1, 0.15) is 49.7 Å². The molecule has 1 saturated carbocycles. The number of amides is 1. The van der Waals surface area contributed by atoms with Crippen molar-refractivity contribution in [3.05, 3.63) is 29.3 Å². The standard InChI is InChI=1S/C21H32N2O2/c1-16-5-6-18(15-19(16)25-3)21(10-4-11-21)20(24)23-13-8-17(9-14-23)7-12-22-2/h5-6,15,17,22H,4,7-14H2,1-3H3. The molecule has 1 aliphatic heterocycles. The van der Waals surface area contributed by atoms with Gasteiger partial charge in [0.25, 0.3) is 0 Å². The predicted octanol–water partition coefficient (Wildman–Crippen LogP) is 3.27. The van der Waals surface area contributed by atoms with Gasteiger partial charge < -0.3 is 15.0 Å². The van der Waals surface area contributed by atoms with E-state index in [0.29, 0.717) is 5.91 Å². The first-order valence-electron chi connectivity index (χ1n) is 9.70. The van der Waals surface area contributed by atoms with Crippen molar-refractivity contribution < 1.29 is 9.53 Å². The number of carbonyl (C=O) groups excluding carboxylic acids is 1. The topological polar surface area (TPSA) is 41.6 Å². The zero-order valence-electron chi connectivity index (χ0n) is 15.9. The van der Waals surface area contributed by atoms with Crippen molar-refractivity contribution in [1.82, 2.24) is 10.2 Å². The van der Waals surface area contributed by atoms with Crippen LogP contribution < -0.4 is 10.1 Å². The van der Waals surface area contributed by atoms with Gasteiger partial charge in [-0.25, -0.2) is 0 Å². The van der Waals surface area contributed by atoms with Crippen molar-refractivity contribution in [2.75, 3.05) is 33.8 Å². The number of ether oxygens (including phenoxy) is 1. The molecule has 1 aliphatic carbocycles. The largest absolute Gasteiger partial charge is 0.496 e. The summed E-state index contributed by atoms with van der Waals surface area (Å²) in [5, 5.41) is 3.24. The zero-order chi connectivity index (χ0) is 17.9. The SMILES string of the molecule is CNCCC1CCN(C(=O)C2(c3ccc(C)c(OC)c3)CCC2)CC1. The van der Waals surface area contributed by atoms with Crippen LogP contribution in [0.25, 0.3) is 0 Å². The molecule has 0 unspecified atom stereocenters. The monoisotopic (exact) mass is 344 g/mol. The number of methoxy groups -OCH3 is 1. The fraction of sp³-hybridized carbons (Fsp3) is 0.667. The summed E-state index contributed by atoms with van der Waals surface area (Å²) in [6.07, 6.45) is 6.58. The van der Waals surface area contributed by atoms with Crippen LogP contribution in [0.3, 0.4) is 0 Å². The molecule has 1 N–H and O–H groups in total. The molecule has 1 aromatic rings. The maximum atomic E-state index is 13.4. The van der Waals surface area contributed by atoms with Crippen LogP contribution >= 0.6 is 0 Å². The van der Waals surface area contributed by atoms with Gasteiger partial charge in [-0.2, -0.15) is 0 Å². The van der Waals surface area contributed by atoms with Crippen molar-refractivity contribution in [1.29, 1.82) is 0 Å². The van der Waals surface area contributed by atoms with Gasteiger partial charge in [0.1, 0.15) is 5.75 Å². The maximum absolute atomic E-state index is 13.4. The molecule has 0 atom stereocenters. The van der Waals surface area contributed by atoms with Crippen molar-refractivity contribution in [3.63, 3.8) is 0 Å². The molecule has 0 spiro atoms. The van der Waals surface area contributed by atoms with E-state index in [1.54, 1.807) is 7.11 Å². The summed E-state index contributed by atoms with van der Waals surface area (Å²) in [5.41, 5.74) is 1.96. The number of nitrogens with one attached hydrogen (secondary N) is 1. The Morgan fingerprint density at radius 1 is 1.32 bits per heavy atom. The van der Waals surface area contributed by atoms with Crippen LogP contribution in [0, 0.1) is 12.8 Å². The summed E-state index contributed by atoms with van der Waals surface area (Å²) >= 11 is 0. The molecule has 1 amide bonds. The minimum atomic E-state index is -0.307. The van der Waals surface area contributed by atoms with Gasteiger partial charge in [0.15, 0.2) is 0 Å². The number of rotatable bonds is 6. The molecule has 138 valence electrons. The molecular formula is C21H32N2O2. The Morgan fingerprint density at radius 3 is 2.60 bits per heavy atom. The number of nitrogens with zero attached hydrogens (tertiary/aromatic N) is 1. The van der Waals surface area contributed by atoms with Crippen molar-refractivity contribution in [3.8, 4) is 5.75 Å². The number of aryl methyl sites for hydroxylation is 1. The van der Waals surface area contributed by atoms with Gasteiger partial charge in [0.2, 0.25) is 5.91 Å². The second kappa shape index (κ2) is 7.77. The van der Waals surface area contributed by atoms with Gasteiger partial charge in [0.05, 0.1) is 12.5 Å². The lowest BCUT2D eigenvalue weighted by Crippen LogP contribution is -2.53. The number of benzene rings is 1. The van der Waals surface area contributed by atoms with Crippen LogP contribution in [0.2, 0.25) is 0 Å². The molecule has 1 saturated heterocycles. The molecule has 1 heterocycles. The fourth-order valence-corrected chi connectivity index (χ4v) is 4.35. The van der Waals surface area contributed by atoms with E-state index in [4.69, 9.17) is 4.74 Å². The second-order valence-electron chi connectivity index (χ2n) is 7.75. The van der Waals surface area contributed by atoms with Gasteiger partial charge in [-0.15, -0.1) is 0 Å². The van der Waals surface area contributed by atoms with Crippen LogP contribution in [-0.4, -0.2) is 44.6 Å². The first kappa shape index (κ1) is 18.2. The molecule has 2 fully saturated rings. The average Bonchev–Trinajstić information content (AvgIpc) is 2.60. The molecular weight excluding hydrogens is 312 g/mol. The molecule has 0 aromatic heterocycles. The number of carbonyl (C=O) groups is 1. The quantitative estimate of drug-likeness (QED) is 0.861. The molecule has 4 heteroatoms. The van der Waals surface area contributed by atoms with E-state index in [9.17, 15) is 4.79 Å². The van der Waals surface area contributed by atoms with Crippen LogP contribution in [-0.2, 0) is 10.2 Å². The van der Waals surface area contributed by atoms with Gasteiger partial charge in [-0.05, 0) is 75.7 Å². The van der Waals surface area contributed by atoms with E-state index in [-0.39, 0.29) is 5.41 Å². The highest BCUT2D eigenvalue weighted by molar-refractivity contribution is 5.89. The van der Waals surface area contributed by atoms with E-state index in [0.717, 1.165) is 74.5 Å². The molecule has 0 bridgehead atoms. The molecule has 3 rings (SSSR count). The Hall–Kier alpha value is -1.55. The van der Waals surface area contributed by atoms with Crippen LogP contribution in [0.15, 0.2) is 18.2 Å². The third-order valence-corrected chi connectivity index (χ3v) is 6.28. The summed E-state index contributed by atoms with van der Waals surface area (Å²) in [5.74, 6) is 1.99. The van der Waals surface area contributed by atoms with Gasteiger partial charge in [-0.1, -0.05) is 18.6 Å². The van der Waals surface area contributed by atoms with Crippen LogP contribution in [0.4, 0.5) is 0 Å². The van der Waals surface area contributed by atoms with E-state index >= 15 is 0 Å². The Morgan fingerprint density at radius 2 is 2.04 bits per heavy atom. The molecule has 4 nitrogen and oxygen atoms in total. The van der Waals surface area contributed by atoms with E-state index < -0.39 is 0 Å². The highest BCUT2D eigenvalue weighted by atomic mass is 16.5. The number of hydrogen-bond acceptors (Lipinski definition) is 3. The summed E-state index contributed by atoms with van der Waals surface area (Å²) in [6, 6.07) is 6.31. The average molecular weight is 344 g/mol. The highest BCUT2D eigenvalue weighted by Gasteiger charge is 2.48. The third kappa shape index (κ3) is 3.55. The minimum absolute atomic E-state index is 0.307. The second-order valence-corrected chi connectivity index (χ2v) is 7.75. The fourth-order valence-electron chi connectivity index (χ4n) is 4.35. The molecule has 1 aromatic carbocycles. The van der Waals surface area contributed by atoms with E-state index in [1.165, 1.54) is 6.42 Å². The van der Waals surface area contributed by atoms with E-state index in [1.807, 2.05) is 14.0 Å².